The van der Waals surface area contributed by atoms with Gasteiger partial charge in [0.15, 0.2) is 5.58 Å². The minimum absolute atomic E-state index is 0.0218. The van der Waals surface area contributed by atoms with Gasteiger partial charge in [-0.15, -0.1) is 10.8 Å². The molecule has 1 fully saturated rings. The maximum Gasteiger partial charge on any atom is 0.235 e. The van der Waals surface area contributed by atoms with Crippen LogP contribution in [-0.2, 0) is 10.2 Å². The first kappa shape index (κ1) is 21.7. The molecule has 0 spiro atoms. The molecular weight excluding hydrogens is 438 g/mol. The van der Waals surface area contributed by atoms with Crippen molar-refractivity contribution in [2.45, 2.75) is 30.1 Å². The monoisotopic (exact) mass is 463 g/mol. The number of nitrogens with one attached hydrogen (secondary N) is 2. The van der Waals surface area contributed by atoms with E-state index in [1.54, 1.807) is 12.1 Å². The maximum absolute atomic E-state index is 13.3. The molecule has 1 aromatic heterocycles. The molecule has 0 bridgehead atoms. The smallest absolute Gasteiger partial charge is 0.235 e. The zero-order chi connectivity index (χ0) is 23.2. The Kier molecular flexibility index (Phi) is 5.25. The number of aryl methyl sites for hydroxylation is 1. The number of fused-ring (bicyclic) bond motifs is 1. The highest BCUT2D eigenvalue weighted by molar-refractivity contribution is 8.22. The van der Waals surface area contributed by atoms with Crippen LogP contribution in [-0.4, -0.2) is 27.2 Å². The van der Waals surface area contributed by atoms with Crippen LogP contribution in [0.5, 0.6) is 0 Å². The van der Waals surface area contributed by atoms with E-state index in [0.717, 1.165) is 51.9 Å². The fourth-order valence-corrected chi connectivity index (χ4v) is 4.86. The highest BCUT2D eigenvalue weighted by Crippen LogP contribution is 2.50. The first-order chi connectivity index (χ1) is 15.8. The van der Waals surface area contributed by atoms with Crippen molar-refractivity contribution in [2.75, 3.05) is 12.4 Å². The third kappa shape index (κ3) is 3.91. The van der Waals surface area contributed by atoms with Gasteiger partial charge in [-0.25, -0.2) is 4.72 Å². The summed E-state index contributed by atoms with van der Waals surface area (Å²) in [6.07, 6.45) is 1.60. The van der Waals surface area contributed by atoms with Crippen molar-refractivity contribution in [3.8, 4) is 11.1 Å². The molecule has 1 heterocycles. The molecule has 1 aliphatic rings. The average molecular weight is 464 g/mol. The Morgan fingerprint density at radius 3 is 2.48 bits per heavy atom. The number of aromatic nitrogens is 1. The zero-order valence-corrected chi connectivity index (χ0v) is 19.1. The van der Waals surface area contributed by atoms with Gasteiger partial charge in [0.2, 0.25) is 5.91 Å². The fraction of sp³-hybridized carbons (Fsp3) is 0.200. The number of hydrogen-bond acceptors (Lipinski definition) is 6. The molecule has 5 rings (SSSR count). The molecule has 170 valence electrons. The molecule has 4 N–H and O–H groups in total. The third-order valence-corrected chi connectivity index (χ3v) is 7.81. The highest BCUT2D eigenvalue weighted by atomic mass is 32.3. The number of amides is 1. The molecule has 4 aromatic rings. The van der Waals surface area contributed by atoms with E-state index in [1.165, 1.54) is 7.05 Å². The van der Waals surface area contributed by atoms with Crippen LogP contribution in [0.25, 0.3) is 22.1 Å². The first-order valence-electron chi connectivity index (χ1n) is 10.7. The van der Waals surface area contributed by atoms with Gasteiger partial charge in [-0.05, 0) is 72.9 Å². The topological polar surface area (TPSA) is 108 Å². The van der Waals surface area contributed by atoms with Gasteiger partial charge in [0.05, 0.1) is 16.0 Å². The average Bonchev–Trinajstić information content (AvgIpc) is 3.57. The first-order valence-corrected chi connectivity index (χ1v) is 12.2. The fourth-order valence-electron chi connectivity index (χ4n) is 4.11. The Labute approximate surface area is 193 Å². The molecule has 1 aliphatic carbocycles. The minimum atomic E-state index is -2.99. The van der Waals surface area contributed by atoms with E-state index in [4.69, 9.17) is 4.52 Å². The van der Waals surface area contributed by atoms with E-state index in [0.29, 0.717) is 4.90 Å². The van der Waals surface area contributed by atoms with Crippen molar-refractivity contribution in [3.63, 3.8) is 0 Å². The predicted molar refractivity (Wildman–Crippen MR) is 130 cm³/mol. The normalized spacial score (nSPS) is 15.4. The van der Waals surface area contributed by atoms with Gasteiger partial charge >= 0.3 is 0 Å². The molecule has 3 aromatic carbocycles. The largest absolute Gasteiger partial charge is 0.356 e. The van der Waals surface area contributed by atoms with E-state index in [9.17, 15) is 13.9 Å². The Hall–Kier alpha value is -3.17. The lowest BCUT2D eigenvalue weighted by molar-refractivity contribution is -0.118. The van der Waals surface area contributed by atoms with Gasteiger partial charge in [-0.1, -0.05) is 35.5 Å². The molecule has 0 unspecified atom stereocenters. The summed E-state index contributed by atoms with van der Waals surface area (Å²) in [6.45, 7) is 1.90. The molecule has 0 atom stereocenters. The summed E-state index contributed by atoms with van der Waals surface area (Å²) >= 11 is 0. The van der Waals surface area contributed by atoms with Crippen LogP contribution < -0.4 is 10.0 Å². The molecule has 33 heavy (non-hydrogen) atoms. The second kappa shape index (κ2) is 8.00. The second-order valence-electron chi connectivity index (χ2n) is 8.37. The van der Waals surface area contributed by atoms with Crippen LogP contribution in [0.4, 0.5) is 5.69 Å². The van der Waals surface area contributed by atoms with Gasteiger partial charge in [0.1, 0.15) is 0 Å². The summed E-state index contributed by atoms with van der Waals surface area (Å²) in [6, 6.07) is 20.5. The van der Waals surface area contributed by atoms with Gasteiger partial charge < -0.3 is 9.84 Å². The number of anilines is 1. The highest BCUT2D eigenvalue weighted by Gasteiger charge is 2.51. The number of nitrogens with zero attached hydrogens (tertiary/aromatic N) is 1. The maximum atomic E-state index is 13.3. The lowest BCUT2D eigenvalue weighted by Gasteiger charge is -2.31. The molecule has 1 saturated carbocycles. The van der Waals surface area contributed by atoms with Gasteiger partial charge in [-0.2, -0.15) is 0 Å². The Bertz CT molecular complexity index is 1340. The quantitative estimate of drug-likeness (QED) is 0.291. The van der Waals surface area contributed by atoms with Crippen molar-refractivity contribution in [1.29, 1.82) is 0 Å². The molecule has 8 heteroatoms. The SMILES string of the molecule is CNS(O)(O)c1ccc(-c2cccc(NC(=O)C3(c4ccc5onc(C)c5c4)CC3)c2)cc1. The number of carbonyl (C=O) groups excluding carboxylic acids is 1. The Morgan fingerprint density at radius 1 is 1.03 bits per heavy atom. The number of benzene rings is 3. The Balaban J connectivity index is 1.37. The summed E-state index contributed by atoms with van der Waals surface area (Å²) in [5.74, 6) is -0.0218. The molecule has 0 saturated heterocycles. The standard InChI is InChI=1S/C25H25N3O4S/c1-16-22-15-19(8-11-23(22)32-28-16)25(12-13-25)24(29)27-20-5-3-4-18(14-20)17-6-9-21(10-7-17)33(30,31)26-2/h3-11,14-15,26,30-31H,12-13H2,1-2H3,(H,27,29). The van der Waals surface area contributed by atoms with Gasteiger partial charge in [0, 0.05) is 18.1 Å². The second-order valence-corrected chi connectivity index (χ2v) is 10.4. The minimum Gasteiger partial charge on any atom is -0.356 e. The molecule has 7 nitrogen and oxygen atoms in total. The molecular formula is C25H25N3O4S. The van der Waals surface area contributed by atoms with Crippen LogP contribution in [0.2, 0.25) is 0 Å². The van der Waals surface area contributed by atoms with Crippen LogP contribution >= 0.6 is 10.8 Å². The predicted octanol–water partition coefficient (Wildman–Crippen LogP) is 5.72. The molecule has 0 aliphatic heterocycles. The van der Waals surface area contributed by atoms with E-state index in [1.807, 2.05) is 61.5 Å². The summed E-state index contributed by atoms with van der Waals surface area (Å²) in [4.78, 5) is 13.7. The van der Waals surface area contributed by atoms with E-state index in [2.05, 4.69) is 15.2 Å². The summed E-state index contributed by atoms with van der Waals surface area (Å²) in [5, 5.41) is 8.04. The molecule has 0 radical (unpaired) electrons. The summed E-state index contributed by atoms with van der Waals surface area (Å²) < 4.78 is 27.8. The lowest BCUT2D eigenvalue weighted by atomic mass is 9.93. The van der Waals surface area contributed by atoms with Gasteiger partial charge in [0.25, 0.3) is 0 Å². The van der Waals surface area contributed by atoms with Crippen LogP contribution in [0.1, 0.15) is 24.1 Å². The van der Waals surface area contributed by atoms with E-state index < -0.39 is 16.2 Å². The zero-order valence-electron chi connectivity index (χ0n) is 18.3. The number of hydrogen-bond donors (Lipinski definition) is 4. The van der Waals surface area contributed by atoms with E-state index >= 15 is 0 Å². The van der Waals surface area contributed by atoms with Crippen molar-refractivity contribution < 1.29 is 18.4 Å². The van der Waals surface area contributed by atoms with Crippen molar-refractivity contribution >= 4 is 33.3 Å². The van der Waals surface area contributed by atoms with Crippen LogP contribution in [0.3, 0.4) is 0 Å². The summed E-state index contributed by atoms with van der Waals surface area (Å²) in [7, 11) is -1.48. The van der Waals surface area contributed by atoms with Gasteiger partial charge in [-0.3, -0.25) is 13.9 Å². The van der Waals surface area contributed by atoms with Crippen molar-refractivity contribution in [3.05, 3.63) is 78.0 Å². The van der Waals surface area contributed by atoms with Crippen molar-refractivity contribution in [2.24, 2.45) is 0 Å². The van der Waals surface area contributed by atoms with Crippen LogP contribution in [0.15, 0.2) is 76.1 Å². The van der Waals surface area contributed by atoms with Crippen LogP contribution in [0, 0.1) is 6.92 Å². The molecule has 1 amide bonds. The Morgan fingerprint density at radius 2 is 1.79 bits per heavy atom. The third-order valence-electron chi connectivity index (χ3n) is 6.31. The lowest BCUT2D eigenvalue weighted by Crippen LogP contribution is -2.27. The van der Waals surface area contributed by atoms with E-state index in [-0.39, 0.29) is 5.91 Å². The number of carbonyl (C=O) groups is 1. The number of rotatable bonds is 6. The van der Waals surface area contributed by atoms with Crippen molar-refractivity contribution in [1.82, 2.24) is 9.88 Å². The summed E-state index contributed by atoms with van der Waals surface area (Å²) in [5.41, 5.74) is 4.54.